The van der Waals surface area contributed by atoms with Crippen LogP contribution in [0.3, 0.4) is 0 Å². The fraction of sp³-hybridized carbons (Fsp3) is 0.615. The van der Waals surface area contributed by atoms with Gasteiger partial charge in [0.2, 0.25) is 0 Å². The molecule has 2 rings (SSSR count). The molecular formula is C13H18N2O6. The Labute approximate surface area is 120 Å². The highest BCUT2D eigenvalue weighted by Crippen LogP contribution is 2.30. The van der Waals surface area contributed by atoms with Gasteiger partial charge in [-0.05, 0) is 6.92 Å². The number of nitrogens with zero attached hydrogens (tertiary/aromatic N) is 1. The van der Waals surface area contributed by atoms with E-state index in [0.717, 1.165) is 0 Å². The summed E-state index contributed by atoms with van der Waals surface area (Å²) in [7, 11) is 1.51. The number of nitrogens with one attached hydrogen (secondary N) is 1. The molecule has 8 nitrogen and oxygen atoms in total. The van der Waals surface area contributed by atoms with Gasteiger partial charge in [0, 0.05) is 32.2 Å². The largest absolute Gasteiger partial charge is 0.460 e. The molecule has 1 aliphatic rings. The van der Waals surface area contributed by atoms with Crippen LogP contribution in [0.2, 0.25) is 0 Å². The first-order valence-corrected chi connectivity index (χ1v) is 6.56. The third-order valence-corrected chi connectivity index (χ3v) is 3.28. The summed E-state index contributed by atoms with van der Waals surface area (Å²) in [5, 5.41) is 0. The normalized spacial score (nSPS) is 25.0. The minimum absolute atomic E-state index is 0.242. The number of esters is 1. The lowest BCUT2D eigenvalue weighted by atomic mass is 10.2. The fourth-order valence-corrected chi connectivity index (χ4v) is 2.32. The van der Waals surface area contributed by atoms with Gasteiger partial charge in [-0.25, -0.2) is 4.79 Å². The molecule has 3 atom stereocenters. The molecular weight excluding hydrogens is 280 g/mol. The van der Waals surface area contributed by atoms with Crippen LogP contribution in [0.1, 0.15) is 25.1 Å². The van der Waals surface area contributed by atoms with E-state index in [9.17, 15) is 14.4 Å². The standard InChI is InChI=1S/C13H18N2O6/c1-7-5-15(13(18)14-12(7)17)11-4-9(20-8(2)16)10(21-11)6-19-3/h5,9-11H,4,6H2,1-3H3,(H,14,17,18)/t9?,10-,11-/m1/s1. The molecule has 1 aromatic rings. The number of rotatable bonds is 4. The number of aryl methyl sites for hydroxylation is 1. The highest BCUT2D eigenvalue weighted by molar-refractivity contribution is 5.66. The van der Waals surface area contributed by atoms with Crippen molar-refractivity contribution in [3.63, 3.8) is 0 Å². The highest BCUT2D eigenvalue weighted by Gasteiger charge is 2.38. The van der Waals surface area contributed by atoms with Crippen molar-refractivity contribution in [2.45, 2.75) is 38.7 Å². The zero-order chi connectivity index (χ0) is 15.6. The topological polar surface area (TPSA) is 99.6 Å². The Hall–Kier alpha value is -1.93. The van der Waals surface area contributed by atoms with Crippen LogP contribution in [0.5, 0.6) is 0 Å². The summed E-state index contributed by atoms with van der Waals surface area (Å²) in [6.07, 6.45) is 0.192. The van der Waals surface area contributed by atoms with Gasteiger partial charge < -0.3 is 14.2 Å². The maximum Gasteiger partial charge on any atom is 0.330 e. The molecule has 1 unspecified atom stereocenters. The summed E-state index contributed by atoms with van der Waals surface area (Å²) in [5.41, 5.74) is -0.591. The Bertz CT molecular complexity index is 634. The maximum absolute atomic E-state index is 11.9. The molecule has 21 heavy (non-hydrogen) atoms. The van der Waals surface area contributed by atoms with Crippen LogP contribution in [0, 0.1) is 6.92 Å². The van der Waals surface area contributed by atoms with Crippen molar-refractivity contribution >= 4 is 5.97 Å². The summed E-state index contributed by atoms with van der Waals surface area (Å²) in [5.74, 6) is -0.421. The van der Waals surface area contributed by atoms with Gasteiger partial charge in [0.25, 0.3) is 5.56 Å². The molecule has 1 aromatic heterocycles. The Morgan fingerprint density at radius 3 is 2.86 bits per heavy atom. The number of methoxy groups -OCH3 is 1. The quantitative estimate of drug-likeness (QED) is 0.767. The molecule has 0 radical (unpaired) electrons. The lowest BCUT2D eigenvalue weighted by Crippen LogP contribution is -2.33. The van der Waals surface area contributed by atoms with E-state index in [-0.39, 0.29) is 6.61 Å². The number of hydrogen-bond acceptors (Lipinski definition) is 6. The van der Waals surface area contributed by atoms with Crippen LogP contribution in [-0.4, -0.2) is 41.4 Å². The number of carbonyl (C=O) groups excluding carboxylic acids is 1. The van der Waals surface area contributed by atoms with Gasteiger partial charge >= 0.3 is 11.7 Å². The summed E-state index contributed by atoms with van der Waals surface area (Å²) in [6, 6.07) is 0. The smallest absolute Gasteiger partial charge is 0.330 e. The van der Waals surface area contributed by atoms with Gasteiger partial charge in [-0.3, -0.25) is 19.1 Å². The van der Waals surface area contributed by atoms with Crippen LogP contribution in [0.25, 0.3) is 0 Å². The zero-order valence-corrected chi connectivity index (χ0v) is 12.1. The molecule has 0 bridgehead atoms. The Morgan fingerprint density at radius 2 is 2.24 bits per heavy atom. The number of carbonyl (C=O) groups is 1. The average Bonchev–Trinajstić information content (AvgIpc) is 2.76. The van der Waals surface area contributed by atoms with E-state index in [1.54, 1.807) is 6.92 Å². The fourth-order valence-electron chi connectivity index (χ4n) is 2.32. The Morgan fingerprint density at radius 1 is 1.52 bits per heavy atom. The molecule has 8 heteroatoms. The first-order chi connectivity index (χ1) is 9.92. The van der Waals surface area contributed by atoms with Gasteiger partial charge in [-0.2, -0.15) is 0 Å². The lowest BCUT2D eigenvalue weighted by Gasteiger charge is -2.17. The van der Waals surface area contributed by atoms with Crippen LogP contribution in [0.15, 0.2) is 15.8 Å². The molecule has 1 saturated heterocycles. The first-order valence-electron chi connectivity index (χ1n) is 6.56. The monoisotopic (exact) mass is 298 g/mol. The van der Waals surface area contributed by atoms with Crippen molar-refractivity contribution in [2.24, 2.45) is 0 Å². The molecule has 0 amide bonds. The molecule has 0 aliphatic carbocycles. The van der Waals surface area contributed by atoms with E-state index < -0.39 is 35.7 Å². The molecule has 0 aromatic carbocycles. The summed E-state index contributed by atoms with van der Waals surface area (Å²) in [4.78, 5) is 36.6. The van der Waals surface area contributed by atoms with Gasteiger partial charge in [-0.1, -0.05) is 0 Å². The summed E-state index contributed by atoms with van der Waals surface area (Å²) in [6.45, 7) is 3.15. The minimum atomic E-state index is -0.613. The lowest BCUT2D eigenvalue weighted by molar-refractivity contribution is -0.150. The number of H-pyrrole nitrogens is 1. The van der Waals surface area contributed by atoms with Crippen molar-refractivity contribution in [3.8, 4) is 0 Å². The predicted molar refractivity (Wildman–Crippen MR) is 72.0 cm³/mol. The molecule has 0 saturated carbocycles. The maximum atomic E-state index is 11.9. The second-order valence-electron chi connectivity index (χ2n) is 4.95. The molecule has 1 aliphatic heterocycles. The van der Waals surface area contributed by atoms with Crippen LogP contribution in [-0.2, 0) is 19.0 Å². The van der Waals surface area contributed by atoms with Crippen molar-refractivity contribution in [1.82, 2.24) is 9.55 Å². The Kier molecular flexibility index (Phi) is 4.59. The van der Waals surface area contributed by atoms with Crippen LogP contribution in [0.4, 0.5) is 0 Å². The minimum Gasteiger partial charge on any atom is -0.460 e. The van der Waals surface area contributed by atoms with Gasteiger partial charge in [0.15, 0.2) is 0 Å². The SMILES string of the molecule is COC[C@H]1O[C@@H](n2cc(C)c(=O)[nH]c2=O)CC1OC(C)=O. The van der Waals surface area contributed by atoms with E-state index in [1.165, 1.54) is 24.8 Å². The summed E-state index contributed by atoms with van der Waals surface area (Å²) < 4.78 is 17.2. The van der Waals surface area contributed by atoms with Crippen molar-refractivity contribution in [3.05, 3.63) is 32.6 Å². The van der Waals surface area contributed by atoms with Crippen molar-refractivity contribution in [1.29, 1.82) is 0 Å². The first kappa shape index (κ1) is 15.5. The number of hydrogen-bond donors (Lipinski definition) is 1. The average molecular weight is 298 g/mol. The third-order valence-electron chi connectivity index (χ3n) is 3.28. The second kappa shape index (κ2) is 6.23. The van der Waals surface area contributed by atoms with Crippen molar-refractivity contribution < 1.29 is 19.0 Å². The molecule has 2 heterocycles. The third kappa shape index (κ3) is 3.40. The summed E-state index contributed by atoms with van der Waals surface area (Å²) >= 11 is 0. The van der Waals surface area contributed by atoms with Crippen molar-refractivity contribution in [2.75, 3.05) is 13.7 Å². The second-order valence-corrected chi connectivity index (χ2v) is 4.95. The zero-order valence-electron chi connectivity index (χ0n) is 12.1. The van der Waals surface area contributed by atoms with Crippen LogP contribution >= 0.6 is 0 Å². The Balaban J connectivity index is 2.26. The van der Waals surface area contributed by atoms with E-state index in [4.69, 9.17) is 14.2 Å². The molecule has 116 valence electrons. The van der Waals surface area contributed by atoms with Gasteiger partial charge in [-0.15, -0.1) is 0 Å². The van der Waals surface area contributed by atoms with Gasteiger partial charge in [0.1, 0.15) is 18.4 Å². The number of aromatic nitrogens is 2. The highest BCUT2D eigenvalue weighted by atomic mass is 16.6. The number of ether oxygens (including phenoxy) is 3. The van der Waals surface area contributed by atoms with Gasteiger partial charge in [0.05, 0.1) is 6.61 Å². The van der Waals surface area contributed by atoms with E-state index in [1.807, 2.05) is 0 Å². The molecule has 1 N–H and O–H groups in total. The van der Waals surface area contributed by atoms with E-state index in [0.29, 0.717) is 12.0 Å². The predicted octanol–water partition coefficient (Wildman–Crippen LogP) is -0.289. The van der Waals surface area contributed by atoms with E-state index in [2.05, 4.69) is 4.98 Å². The van der Waals surface area contributed by atoms with Crippen LogP contribution < -0.4 is 11.2 Å². The molecule has 1 fully saturated rings. The molecule has 0 spiro atoms. The number of aromatic amines is 1. The van der Waals surface area contributed by atoms with E-state index >= 15 is 0 Å².